The maximum Gasteiger partial charge on any atom is 0.331 e. The van der Waals surface area contributed by atoms with E-state index >= 15 is 0 Å². The van der Waals surface area contributed by atoms with Gasteiger partial charge in [-0.3, -0.25) is 24.0 Å². The third kappa shape index (κ3) is 15.8. The first-order valence-corrected chi connectivity index (χ1v) is 26.0. The minimum absolute atomic E-state index is 0.0890. The normalized spacial score (nSPS) is 22.8. The fourth-order valence-electron chi connectivity index (χ4n) is 8.99. The van der Waals surface area contributed by atoms with Crippen LogP contribution >= 0.6 is 0 Å². The van der Waals surface area contributed by atoms with Crippen molar-refractivity contribution in [3.05, 3.63) is 59.2 Å². The number of hydrogen-bond donors (Lipinski definition) is 5. The number of unbranched alkanes of at least 4 members (excludes halogenated alkanes) is 4. The summed E-state index contributed by atoms with van der Waals surface area (Å²) in [5.74, 6) is -2.57. The molecule has 7 atom stereocenters. The van der Waals surface area contributed by atoms with Crippen LogP contribution in [0.3, 0.4) is 0 Å². The van der Waals surface area contributed by atoms with Gasteiger partial charge >= 0.3 is 11.9 Å². The summed E-state index contributed by atoms with van der Waals surface area (Å²) in [5, 5.41) is 19.6. The fourth-order valence-corrected chi connectivity index (χ4v) is 10.4. The number of aliphatic carboxylic acids is 1. The Kier molecular flexibility index (Phi) is 19.8. The van der Waals surface area contributed by atoms with Crippen molar-refractivity contribution in [3.63, 3.8) is 0 Å². The van der Waals surface area contributed by atoms with Crippen LogP contribution in [0.15, 0.2) is 42.5 Å². The second-order valence-electron chi connectivity index (χ2n) is 19.1. The van der Waals surface area contributed by atoms with Crippen molar-refractivity contribution in [2.24, 2.45) is 17.8 Å². The molecule has 1 heterocycles. The SMILES string of the molecule is CCCCCC(CC[C@@H]1[C@H]2Cc3cccc(C=O)c3C[C@H]2C[C@H]1OC(=O)/C=C/C(=O)NCCCCC1NC(=O)C(CCCCNC(=O)/C=C/C(=O)O)NC1=O)O[Si](C)(C)C(C)(C)C. The Morgan fingerprint density at radius 2 is 1.46 bits per heavy atom. The monoisotopic (exact) mass is 893 g/mol. The molecule has 2 fully saturated rings. The number of rotatable bonds is 25. The van der Waals surface area contributed by atoms with Crippen molar-refractivity contribution >= 4 is 50.2 Å². The average molecular weight is 893 g/mol. The van der Waals surface area contributed by atoms with Gasteiger partial charge in [-0.05, 0) is 124 Å². The molecule has 0 aromatic heterocycles. The summed E-state index contributed by atoms with van der Waals surface area (Å²) in [6.45, 7) is 14.3. The molecule has 0 spiro atoms. The summed E-state index contributed by atoms with van der Waals surface area (Å²) >= 11 is 0. The zero-order valence-corrected chi connectivity index (χ0v) is 39.3. The fraction of sp³-hybridized carbons (Fsp3) is 0.646. The number of fused-ring (bicyclic) bond motifs is 2. The third-order valence-corrected chi connectivity index (χ3v) is 18.0. The molecule has 348 valence electrons. The smallest absolute Gasteiger partial charge is 0.331 e. The highest BCUT2D eigenvalue weighted by molar-refractivity contribution is 6.74. The summed E-state index contributed by atoms with van der Waals surface area (Å²) in [6.07, 6.45) is 16.3. The quantitative estimate of drug-likeness (QED) is 0.0245. The van der Waals surface area contributed by atoms with E-state index in [0.717, 1.165) is 80.9 Å². The van der Waals surface area contributed by atoms with E-state index in [2.05, 4.69) is 68.1 Å². The number of nitrogens with one attached hydrogen (secondary N) is 4. The molecule has 4 rings (SSSR count). The van der Waals surface area contributed by atoms with Crippen LogP contribution in [-0.2, 0) is 50.8 Å². The number of carbonyl (C=O) groups excluding carboxylic acids is 6. The molecule has 3 unspecified atom stereocenters. The van der Waals surface area contributed by atoms with Crippen molar-refractivity contribution in [3.8, 4) is 0 Å². The topological polar surface area (TPSA) is 206 Å². The Balaban J connectivity index is 1.24. The second kappa shape index (κ2) is 24.4. The summed E-state index contributed by atoms with van der Waals surface area (Å²) < 4.78 is 13.2. The van der Waals surface area contributed by atoms with Gasteiger partial charge in [-0.2, -0.15) is 0 Å². The van der Waals surface area contributed by atoms with Gasteiger partial charge < -0.3 is 35.5 Å². The van der Waals surface area contributed by atoms with Gasteiger partial charge in [0, 0.05) is 49.1 Å². The minimum Gasteiger partial charge on any atom is -0.478 e. The molecule has 15 heteroatoms. The first-order chi connectivity index (χ1) is 29.9. The molecule has 14 nitrogen and oxygen atoms in total. The highest BCUT2D eigenvalue weighted by Gasteiger charge is 2.47. The first kappa shape index (κ1) is 51.0. The molecule has 3 aliphatic rings. The number of piperazine rings is 1. The van der Waals surface area contributed by atoms with E-state index in [1.54, 1.807) is 0 Å². The Morgan fingerprint density at radius 1 is 0.841 bits per heavy atom. The summed E-state index contributed by atoms with van der Waals surface area (Å²) in [4.78, 5) is 85.4. The standard InChI is InChI=1S/C48H72N4O10Si/c1-7-8-9-17-35(62-63(5,6)48(2,3)4)20-21-36-38-28-32-15-14-16-33(31-53)37(32)29-34(38)30-41(36)61-45(58)25-23-43(55)50-27-13-11-19-40-47(60)51-39(46(59)52-40)18-10-12-26-49-42(54)22-24-44(56)57/h14-16,22-25,31,34-36,38-41H,7-13,17-21,26-30H2,1-6H3,(H,49,54)(H,50,55)(H,51,60)(H,52,59)(H,56,57)/b24-22+,25-23+/t34-,35?,36+,38-,39?,40?,41+/m0/s1. The molecular formula is C48H72N4O10Si. The molecule has 63 heavy (non-hydrogen) atoms. The van der Waals surface area contributed by atoms with Gasteiger partial charge in [-0.1, -0.05) is 65.2 Å². The van der Waals surface area contributed by atoms with Crippen molar-refractivity contribution in [1.82, 2.24) is 21.3 Å². The van der Waals surface area contributed by atoms with Crippen LogP contribution in [0.4, 0.5) is 0 Å². The van der Waals surface area contributed by atoms with Gasteiger partial charge in [-0.15, -0.1) is 0 Å². The Morgan fingerprint density at radius 3 is 2.03 bits per heavy atom. The van der Waals surface area contributed by atoms with Crippen molar-refractivity contribution < 1.29 is 47.8 Å². The molecule has 1 saturated heterocycles. The zero-order valence-electron chi connectivity index (χ0n) is 38.3. The van der Waals surface area contributed by atoms with E-state index in [9.17, 15) is 33.6 Å². The number of carboxylic acids is 1. The number of amides is 4. The molecule has 5 N–H and O–H groups in total. The van der Waals surface area contributed by atoms with Crippen LogP contribution in [0.2, 0.25) is 18.1 Å². The van der Waals surface area contributed by atoms with Gasteiger partial charge in [0.2, 0.25) is 23.6 Å². The van der Waals surface area contributed by atoms with Gasteiger partial charge in [0.15, 0.2) is 8.32 Å². The lowest BCUT2D eigenvalue weighted by Crippen LogP contribution is -2.61. The van der Waals surface area contributed by atoms with E-state index < -0.39 is 44.2 Å². The molecule has 1 saturated carbocycles. The Hall–Kier alpha value is -4.63. The van der Waals surface area contributed by atoms with Crippen LogP contribution in [-0.4, -0.2) is 92.7 Å². The minimum atomic E-state index is -2.02. The van der Waals surface area contributed by atoms with Crippen LogP contribution in [0.5, 0.6) is 0 Å². The molecule has 4 amide bonds. The number of carbonyl (C=O) groups is 7. The number of carboxylic acid groups (broad SMARTS) is 1. The van der Waals surface area contributed by atoms with Gasteiger partial charge in [0.05, 0.1) is 0 Å². The van der Waals surface area contributed by atoms with Crippen molar-refractivity contribution in [1.29, 1.82) is 0 Å². The third-order valence-electron chi connectivity index (χ3n) is 13.5. The molecule has 2 aliphatic carbocycles. The highest BCUT2D eigenvalue weighted by Crippen LogP contribution is 2.49. The van der Waals surface area contributed by atoms with Crippen LogP contribution in [0, 0.1) is 17.8 Å². The summed E-state index contributed by atoms with van der Waals surface area (Å²) in [5.41, 5.74) is 3.04. The van der Waals surface area contributed by atoms with Crippen molar-refractivity contribution in [2.75, 3.05) is 13.1 Å². The lowest BCUT2D eigenvalue weighted by Gasteiger charge is -2.40. The molecule has 1 aromatic carbocycles. The van der Waals surface area contributed by atoms with Crippen molar-refractivity contribution in [2.45, 2.75) is 166 Å². The molecular weight excluding hydrogens is 821 g/mol. The molecule has 0 bridgehead atoms. The van der Waals surface area contributed by atoms with E-state index in [1.807, 2.05) is 12.1 Å². The highest BCUT2D eigenvalue weighted by atomic mass is 28.4. The molecule has 1 aliphatic heterocycles. The van der Waals surface area contributed by atoms with E-state index in [4.69, 9.17) is 14.3 Å². The van der Waals surface area contributed by atoms with Gasteiger partial charge in [-0.25, -0.2) is 9.59 Å². The Bertz CT molecular complexity index is 1820. The Labute approximate surface area is 374 Å². The number of benzene rings is 1. The lowest BCUT2D eigenvalue weighted by atomic mass is 9.73. The maximum atomic E-state index is 13.3. The summed E-state index contributed by atoms with van der Waals surface area (Å²) in [6, 6.07) is 4.60. The lowest BCUT2D eigenvalue weighted by molar-refractivity contribution is -0.145. The largest absolute Gasteiger partial charge is 0.478 e. The number of esters is 1. The molecule has 1 aromatic rings. The maximum absolute atomic E-state index is 13.3. The van der Waals surface area contributed by atoms with E-state index in [0.29, 0.717) is 64.0 Å². The van der Waals surface area contributed by atoms with Crippen LogP contribution < -0.4 is 21.3 Å². The predicted octanol–water partition coefficient (Wildman–Crippen LogP) is 6.27. The number of hydrogen-bond acceptors (Lipinski definition) is 9. The van der Waals surface area contributed by atoms with E-state index in [1.165, 1.54) is 17.7 Å². The van der Waals surface area contributed by atoms with Crippen LogP contribution in [0.25, 0.3) is 0 Å². The summed E-state index contributed by atoms with van der Waals surface area (Å²) in [7, 11) is -2.02. The molecule has 0 radical (unpaired) electrons. The predicted molar refractivity (Wildman–Crippen MR) is 243 cm³/mol. The average Bonchev–Trinajstić information content (AvgIpc) is 3.55. The number of ether oxygens (including phenoxy) is 1. The first-order valence-electron chi connectivity index (χ1n) is 23.1. The number of aldehydes is 1. The van der Waals surface area contributed by atoms with Crippen LogP contribution in [0.1, 0.15) is 133 Å². The zero-order chi connectivity index (χ0) is 46.2. The van der Waals surface area contributed by atoms with E-state index in [-0.39, 0.29) is 40.9 Å². The van der Waals surface area contributed by atoms with Gasteiger partial charge in [0.1, 0.15) is 24.5 Å². The van der Waals surface area contributed by atoms with Gasteiger partial charge in [0.25, 0.3) is 0 Å². The second-order valence-corrected chi connectivity index (χ2v) is 23.8.